The second-order valence-corrected chi connectivity index (χ2v) is 7.15. The molecule has 1 unspecified atom stereocenters. The normalized spacial score (nSPS) is 16.6. The fourth-order valence-electron chi connectivity index (χ4n) is 3.25. The van der Waals surface area contributed by atoms with E-state index in [0.29, 0.717) is 16.3 Å². The zero-order valence-electron chi connectivity index (χ0n) is 14.7. The molecule has 0 bridgehead atoms. The lowest BCUT2D eigenvalue weighted by Gasteiger charge is -2.27. The van der Waals surface area contributed by atoms with Crippen molar-refractivity contribution in [3.63, 3.8) is 0 Å². The summed E-state index contributed by atoms with van der Waals surface area (Å²) in [7, 11) is 0. The van der Waals surface area contributed by atoms with E-state index in [1.54, 1.807) is 18.2 Å². The first-order valence-electron chi connectivity index (χ1n) is 8.47. The number of Topliss-reactive ketones (excluding diaryl/α,β-unsaturated/α-hetero) is 1. The van der Waals surface area contributed by atoms with Crippen molar-refractivity contribution in [1.29, 1.82) is 0 Å². The third-order valence-electron chi connectivity index (χ3n) is 4.59. The molecule has 2 N–H and O–H groups in total. The summed E-state index contributed by atoms with van der Waals surface area (Å²) in [6.45, 7) is 0. The lowest BCUT2D eigenvalue weighted by Crippen LogP contribution is -2.31. The molecule has 1 aromatic heterocycles. The van der Waals surface area contributed by atoms with E-state index in [0.717, 1.165) is 0 Å². The summed E-state index contributed by atoms with van der Waals surface area (Å²) in [5, 5.41) is 20.7. The van der Waals surface area contributed by atoms with Crippen LogP contribution in [0.3, 0.4) is 0 Å². The van der Waals surface area contributed by atoms with E-state index in [4.69, 9.17) is 27.6 Å². The maximum absolute atomic E-state index is 13.0. The van der Waals surface area contributed by atoms with Crippen LogP contribution in [0.4, 0.5) is 5.69 Å². The van der Waals surface area contributed by atoms with Crippen LogP contribution in [0.1, 0.15) is 22.2 Å². The highest BCUT2D eigenvalue weighted by Crippen LogP contribution is 2.43. The number of nitrogens with zero attached hydrogens (tertiary/aromatic N) is 1. The molecule has 146 valence electrons. The Labute approximate surface area is 175 Å². The third-order valence-corrected chi connectivity index (χ3v) is 5.33. The predicted octanol–water partition coefficient (Wildman–Crippen LogP) is 5.07. The van der Waals surface area contributed by atoms with Crippen LogP contribution in [0.2, 0.25) is 10.0 Å². The van der Waals surface area contributed by atoms with Crippen molar-refractivity contribution >= 4 is 40.6 Å². The van der Waals surface area contributed by atoms with Crippen LogP contribution >= 0.6 is 23.2 Å². The highest BCUT2D eigenvalue weighted by atomic mass is 35.5. The highest BCUT2D eigenvalue weighted by Gasteiger charge is 2.45. The SMILES string of the molecule is O=C(C1=C(O)C(=O)N(c2ccc(Cl)c(Cl)c2)C1c1ccc(O)cc1)c1ccco1. The Morgan fingerprint density at radius 1 is 1.00 bits per heavy atom. The van der Waals surface area contributed by atoms with Gasteiger partial charge in [0.15, 0.2) is 11.5 Å². The van der Waals surface area contributed by atoms with Crippen LogP contribution in [0, 0.1) is 0 Å². The minimum Gasteiger partial charge on any atom is -0.508 e. The first-order valence-corrected chi connectivity index (χ1v) is 9.23. The van der Waals surface area contributed by atoms with Crippen LogP contribution in [-0.4, -0.2) is 21.9 Å². The Hall–Kier alpha value is -3.22. The van der Waals surface area contributed by atoms with Gasteiger partial charge in [0.25, 0.3) is 5.91 Å². The molecule has 0 fully saturated rings. The van der Waals surface area contributed by atoms with Crippen LogP contribution in [0.15, 0.2) is 76.6 Å². The quantitative estimate of drug-likeness (QED) is 0.564. The largest absolute Gasteiger partial charge is 0.508 e. The summed E-state index contributed by atoms with van der Waals surface area (Å²) >= 11 is 12.1. The minimum absolute atomic E-state index is 0.0147. The molecule has 0 radical (unpaired) electrons. The number of ketones is 1. The maximum atomic E-state index is 13.0. The zero-order chi connectivity index (χ0) is 20.7. The highest BCUT2D eigenvalue weighted by molar-refractivity contribution is 6.42. The molecule has 6 nitrogen and oxygen atoms in total. The predicted molar refractivity (Wildman–Crippen MR) is 107 cm³/mol. The van der Waals surface area contributed by atoms with Crippen molar-refractivity contribution in [2.75, 3.05) is 4.90 Å². The molecule has 1 aliphatic rings. The van der Waals surface area contributed by atoms with E-state index >= 15 is 0 Å². The number of rotatable bonds is 4. The lowest BCUT2D eigenvalue weighted by atomic mass is 9.94. The van der Waals surface area contributed by atoms with Gasteiger partial charge in [-0.05, 0) is 48.0 Å². The van der Waals surface area contributed by atoms with Gasteiger partial charge in [0.1, 0.15) is 5.75 Å². The Bertz CT molecular complexity index is 1140. The summed E-state index contributed by atoms with van der Waals surface area (Å²) in [6.07, 6.45) is 1.33. The monoisotopic (exact) mass is 429 g/mol. The van der Waals surface area contributed by atoms with Crippen molar-refractivity contribution in [2.24, 2.45) is 0 Å². The number of hydrogen-bond acceptors (Lipinski definition) is 5. The van der Waals surface area contributed by atoms with Crippen molar-refractivity contribution in [1.82, 2.24) is 0 Å². The van der Waals surface area contributed by atoms with Crippen LogP contribution in [0.25, 0.3) is 0 Å². The van der Waals surface area contributed by atoms with E-state index in [1.807, 2.05) is 0 Å². The number of hydrogen-bond donors (Lipinski definition) is 2. The molecule has 1 atom stereocenters. The Kier molecular flexibility index (Phi) is 4.82. The topological polar surface area (TPSA) is 91.0 Å². The summed E-state index contributed by atoms with van der Waals surface area (Å²) in [5.74, 6) is -2.07. The van der Waals surface area contributed by atoms with Crippen molar-refractivity contribution in [3.05, 3.63) is 93.6 Å². The fraction of sp³-hybridized carbons (Fsp3) is 0.0476. The Balaban J connectivity index is 1.89. The average molecular weight is 430 g/mol. The number of phenolic OH excluding ortho intramolecular Hbond substituents is 1. The number of anilines is 1. The van der Waals surface area contributed by atoms with Gasteiger partial charge in [-0.1, -0.05) is 35.3 Å². The van der Waals surface area contributed by atoms with Gasteiger partial charge in [-0.15, -0.1) is 0 Å². The summed E-state index contributed by atoms with van der Waals surface area (Å²) in [4.78, 5) is 27.2. The van der Waals surface area contributed by atoms with E-state index in [2.05, 4.69) is 0 Å². The smallest absolute Gasteiger partial charge is 0.294 e. The number of phenols is 1. The molecular weight excluding hydrogens is 417 g/mol. The van der Waals surface area contributed by atoms with Crippen LogP contribution in [0.5, 0.6) is 5.75 Å². The van der Waals surface area contributed by atoms with Crippen molar-refractivity contribution in [2.45, 2.75) is 6.04 Å². The molecule has 1 amide bonds. The first-order chi connectivity index (χ1) is 13.9. The number of aliphatic hydroxyl groups excluding tert-OH is 1. The third kappa shape index (κ3) is 3.26. The van der Waals surface area contributed by atoms with Gasteiger partial charge in [0.05, 0.1) is 27.9 Å². The van der Waals surface area contributed by atoms with E-state index < -0.39 is 23.5 Å². The number of amides is 1. The molecule has 0 saturated heterocycles. The number of carbonyl (C=O) groups excluding carboxylic acids is 2. The molecule has 1 aliphatic heterocycles. The summed E-state index contributed by atoms with van der Waals surface area (Å²) in [5.41, 5.74) is 0.708. The molecule has 2 aromatic carbocycles. The van der Waals surface area contributed by atoms with E-state index in [9.17, 15) is 19.8 Å². The molecule has 0 saturated carbocycles. The molecule has 2 heterocycles. The first kappa shape index (κ1) is 19.1. The number of benzene rings is 2. The zero-order valence-corrected chi connectivity index (χ0v) is 16.2. The number of carbonyl (C=O) groups is 2. The lowest BCUT2D eigenvalue weighted by molar-refractivity contribution is -0.117. The fourth-order valence-corrected chi connectivity index (χ4v) is 3.54. The number of furan rings is 1. The number of aromatic hydroxyl groups is 1. The van der Waals surface area contributed by atoms with Crippen LogP contribution in [-0.2, 0) is 4.79 Å². The average Bonchev–Trinajstić information content (AvgIpc) is 3.32. The summed E-state index contributed by atoms with van der Waals surface area (Å²) < 4.78 is 5.17. The molecule has 8 heteroatoms. The van der Waals surface area contributed by atoms with Crippen LogP contribution < -0.4 is 4.90 Å². The minimum atomic E-state index is -0.960. The molecule has 3 aromatic rings. The van der Waals surface area contributed by atoms with E-state index in [-0.39, 0.29) is 22.1 Å². The Morgan fingerprint density at radius 2 is 1.72 bits per heavy atom. The molecule has 0 aliphatic carbocycles. The van der Waals surface area contributed by atoms with Crippen molar-refractivity contribution in [3.8, 4) is 5.75 Å². The van der Waals surface area contributed by atoms with Crippen molar-refractivity contribution < 1.29 is 24.2 Å². The second kappa shape index (κ2) is 7.31. The van der Waals surface area contributed by atoms with Gasteiger partial charge in [-0.2, -0.15) is 0 Å². The molecule has 29 heavy (non-hydrogen) atoms. The standard InChI is InChI=1S/C21H13Cl2NO5/c22-14-8-5-12(10-15(14)23)24-18(11-3-6-13(25)7-4-11)17(20(27)21(24)28)19(26)16-2-1-9-29-16/h1-10,18,25,27H. The maximum Gasteiger partial charge on any atom is 0.294 e. The Morgan fingerprint density at radius 3 is 2.34 bits per heavy atom. The van der Waals surface area contributed by atoms with Gasteiger partial charge in [0, 0.05) is 5.69 Å². The van der Waals surface area contributed by atoms with Gasteiger partial charge >= 0.3 is 0 Å². The second-order valence-electron chi connectivity index (χ2n) is 6.34. The number of halogens is 2. The van der Waals surface area contributed by atoms with Gasteiger partial charge in [0.2, 0.25) is 5.78 Å². The summed E-state index contributed by atoms with van der Waals surface area (Å²) in [6, 6.07) is 12.6. The van der Waals surface area contributed by atoms with Gasteiger partial charge in [-0.25, -0.2) is 0 Å². The van der Waals surface area contributed by atoms with E-state index in [1.165, 1.54) is 47.6 Å². The van der Waals surface area contributed by atoms with Gasteiger partial charge < -0.3 is 14.6 Å². The molecular formula is C21H13Cl2NO5. The number of aliphatic hydroxyl groups is 1. The molecule has 0 spiro atoms. The molecule has 4 rings (SSSR count). The van der Waals surface area contributed by atoms with Gasteiger partial charge in [-0.3, -0.25) is 14.5 Å².